The van der Waals surface area contributed by atoms with E-state index in [9.17, 15) is 9.59 Å². The highest BCUT2D eigenvalue weighted by molar-refractivity contribution is 7.09. The Kier molecular flexibility index (Phi) is 7.22. The van der Waals surface area contributed by atoms with Gasteiger partial charge in [-0.2, -0.15) is 0 Å². The zero-order valence-electron chi connectivity index (χ0n) is 14.4. The molecule has 0 radical (unpaired) electrons. The number of aromatic nitrogens is 1. The van der Waals surface area contributed by atoms with E-state index < -0.39 is 18.1 Å². The van der Waals surface area contributed by atoms with E-state index in [1.165, 1.54) is 12.0 Å². The first-order valence-corrected chi connectivity index (χ1v) is 9.52. The summed E-state index contributed by atoms with van der Waals surface area (Å²) in [5, 5.41) is 2.81. The first-order chi connectivity index (χ1) is 11.6. The summed E-state index contributed by atoms with van der Waals surface area (Å²) >= 11 is 1.67. The number of rotatable bonds is 7. The lowest BCUT2D eigenvalue weighted by Crippen LogP contribution is -2.49. The minimum atomic E-state index is -0.662. The molecule has 8 heteroatoms. The average Bonchev–Trinajstić information content (AvgIpc) is 3.25. The smallest absolute Gasteiger partial charge is 0.328 e. The lowest BCUT2D eigenvalue weighted by molar-refractivity contribution is -0.145. The first kappa shape index (κ1) is 20.1. The molecular formula is C17H26ClN3O3S. The second-order valence-corrected chi connectivity index (χ2v) is 7.79. The van der Waals surface area contributed by atoms with Gasteiger partial charge in [-0.05, 0) is 38.0 Å². The van der Waals surface area contributed by atoms with Crippen LogP contribution in [-0.2, 0) is 20.7 Å². The molecule has 1 aromatic heterocycles. The largest absolute Gasteiger partial charge is 0.467 e. The predicted octanol–water partition coefficient (Wildman–Crippen LogP) is 2.16. The summed E-state index contributed by atoms with van der Waals surface area (Å²) < 4.78 is 4.89. The molecule has 3 N–H and O–H groups in total. The number of nitrogens with zero attached hydrogens (tertiary/aromatic N) is 1. The Morgan fingerprint density at radius 1 is 1.40 bits per heavy atom. The third-order valence-electron chi connectivity index (χ3n) is 4.96. The Balaban J connectivity index is 0.00000225. The maximum Gasteiger partial charge on any atom is 0.328 e. The van der Waals surface area contributed by atoms with Gasteiger partial charge in [-0.1, -0.05) is 12.8 Å². The van der Waals surface area contributed by atoms with E-state index in [2.05, 4.69) is 10.3 Å². The van der Waals surface area contributed by atoms with E-state index in [0.29, 0.717) is 18.8 Å². The van der Waals surface area contributed by atoms with Crippen LogP contribution in [0.25, 0.3) is 0 Å². The highest BCUT2D eigenvalue weighted by atomic mass is 35.5. The summed E-state index contributed by atoms with van der Waals surface area (Å²) in [5.41, 5.74) is 8.91. The number of esters is 1. The van der Waals surface area contributed by atoms with Crippen LogP contribution >= 0.6 is 23.7 Å². The third kappa shape index (κ3) is 5.15. The molecule has 0 spiro atoms. The third-order valence-corrected chi connectivity index (χ3v) is 5.87. The first-order valence-electron chi connectivity index (χ1n) is 8.64. The summed E-state index contributed by atoms with van der Waals surface area (Å²) in [5.74, 6) is 0.0817. The van der Waals surface area contributed by atoms with Crippen molar-refractivity contribution in [3.63, 3.8) is 0 Å². The Morgan fingerprint density at radius 2 is 2.16 bits per heavy atom. The van der Waals surface area contributed by atoms with Crippen molar-refractivity contribution in [2.45, 2.75) is 62.9 Å². The number of thiazole rings is 1. The molecule has 140 valence electrons. The monoisotopic (exact) mass is 387 g/mol. The maximum atomic E-state index is 12.3. The number of ether oxygens (including phenoxy) is 1. The zero-order chi connectivity index (χ0) is 17.1. The molecule has 2 unspecified atom stereocenters. The van der Waals surface area contributed by atoms with Crippen LogP contribution in [0.4, 0.5) is 0 Å². The summed E-state index contributed by atoms with van der Waals surface area (Å²) in [4.78, 5) is 30.2. The van der Waals surface area contributed by atoms with Crippen LogP contribution in [0.2, 0.25) is 0 Å². The summed E-state index contributed by atoms with van der Waals surface area (Å²) in [6.45, 7) is 0. The van der Waals surface area contributed by atoms with Crippen molar-refractivity contribution in [1.29, 1.82) is 0 Å². The second kappa shape index (κ2) is 8.96. The molecule has 1 aromatic rings. The Labute approximate surface area is 158 Å². The van der Waals surface area contributed by atoms with Gasteiger partial charge in [0.05, 0.1) is 24.4 Å². The fourth-order valence-electron chi connectivity index (χ4n) is 3.41. The van der Waals surface area contributed by atoms with Crippen molar-refractivity contribution in [3.05, 3.63) is 16.1 Å². The van der Waals surface area contributed by atoms with E-state index >= 15 is 0 Å². The highest BCUT2D eigenvalue weighted by Gasteiger charge is 2.33. The van der Waals surface area contributed by atoms with Gasteiger partial charge in [0.15, 0.2) is 0 Å². The van der Waals surface area contributed by atoms with Crippen molar-refractivity contribution in [1.82, 2.24) is 10.3 Å². The van der Waals surface area contributed by atoms with Crippen LogP contribution in [0.1, 0.15) is 55.0 Å². The van der Waals surface area contributed by atoms with E-state index in [1.807, 2.05) is 5.51 Å². The maximum absolute atomic E-state index is 12.3. The predicted molar refractivity (Wildman–Crippen MR) is 98.9 cm³/mol. The summed E-state index contributed by atoms with van der Waals surface area (Å²) in [7, 11) is 1.35. The number of nitrogens with two attached hydrogens (primary N) is 1. The molecule has 3 atom stereocenters. The van der Waals surface area contributed by atoms with Crippen LogP contribution < -0.4 is 11.1 Å². The van der Waals surface area contributed by atoms with Gasteiger partial charge in [0.2, 0.25) is 5.91 Å². The number of fused-ring (bicyclic) bond motifs is 1. The lowest BCUT2D eigenvalue weighted by atomic mass is 9.86. The van der Waals surface area contributed by atoms with Crippen molar-refractivity contribution < 1.29 is 14.3 Å². The summed E-state index contributed by atoms with van der Waals surface area (Å²) in [6.07, 6.45) is 6.63. The van der Waals surface area contributed by atoms with Crippen LogP contribution in [0.15, 0.2) is 5.51 Å². The molecule has 0 aliphatic heterocycles. The molecule has 0 saturated heterocycles. The van der Waals surface area contributed by atoms with Crippen molar-refractivity contribution >= 4 is 35.6 Å². The van der Waals surface area contributed by atoms with Crippen LogP contribution in [0.3, 0.4) is 0 Å². The molecular weight excluding hydrogens is 362 g/mol. The molecule has 2 aliphatic rings. The molecule has 1 heterocycles. The zero-order valence-corrected chi connectivity index (χ0v) is 16.0. The number of halogens is 1. The molecule has 1 saturated carbocycles. The number of hydrogen-bond donors (Lipinski definition) is 2. The topological polar surface area (TPSA) is 94.3 Å². The SMILES string of the molecule is COC(=O)C(CC1CCCc2scnc21)NC(=O)[C@@H](N)CC1CC1.Cl. The van der Waals surface area contributed by atoms with Gasteiger partial charge >= 0.3 is 5.97 Å². The Hall–Kier alpha value is -1.18. The Morgan fingerprint density at radius 3 is 2.84 bits per heavy atom. The molecule has 25 heavy (non-hydrogen) atoms. The number of amides is 1. The molecule has 6 nitrogen and oxygen atoms in total. The van der Waals surface area contributed by atoms with E-state index in [1.54, 1.807) is 11.3 Å². The highest BCUT2D eigenvalue weighted by Crippen LogP contribution is 2.36. The van der Waals surface area contributed by atoms with Crippen LogP contribution in [0.5, 0.6) is 0 Å². The quantitative estimate of drug-likeness (QED) is 0.699. The van der Waals surface area contributed by atoms with Gasteiger partial charge in [0.25, 0.3) is 0 Å². The fourth-order valence-corrected chi connectivity index (χ4v) is 4.31. The number of methoxy groups -OCH3 is 1. The van der Waals surface area contributed by atoms with Gasteiger partial charge in [-0.15, -0.1) is 23.7 Å². The standard InChI is InChI=1S/C17H25N3O3S.ClH/c1-23-17(22)13(20-16(21)12(18)7-10-5-6-10)8-11-3-2-4-14-15(11)19-9-24-14;/h9-13H,2-8,18H2,1H3,(H,20,21);1H/t11?,12-,13?;/m0./s1. The van der Waals surface area contributed by atoms with Crippen molar-refractivity contribution in [3.8, 4) is 0 Å². The lowest BCUT2D eigenvalue weighted by Gasteiger charge is -2.26. The number of nitrogens with one attached hydrogen (secondary N) is 1. The van der Waals surface area contributed by atoms with Crippen LogP contribution in [-0.4, -0.2) is 36.1 Å². The van der Waals surface area contributed by atoms with Gasteiger partial charge < -0.3 is 15.8 Å². The van der Waals surface area contributed by atoms with E-state index in [4.69, 9.17) is 10.5 Å². The molecule has 1 fully saturated rings. The van der Waals surface area contributed by atoms with Gasteiger partial charge in [0, 0.05) is 10.8 Å². The second-order valence-electron chi connectivity index (χ2n) is 6.86. The number of carbonyl (C=O) groups is 2. The average molecular weight is 388 g/mol. The van der Waals surface area contributed by atoms with Crippen molar-refractivity contribution in [2.75, 3.05) is 7.11 Å². The van der Waals surface area contributed by atoms with Gasteiger partial charge in [-0.25, -0.2) is 9.78 Å². The molecule has 1 amide bonds. The Bertz CT molecular complexity index is 606. The number of hydrogen-bond acceptors (Lipinski definition) is 6. The normalized spacial score (nSPS) is 21.4. The van der Waals surface area contributed by atoms with Crippen LogP contribution in [0, 0.1) is 5.92 Å². The molecule has 0 bridgehead atoms. The fraction of sp³-hybridized carbons (Fsp3) is 0.706. The summed E-state index contributed by atoms with van der Waals surface area (Å²) in [6, 6.07) is -1.21. The molecule has 3 rings (SSSR count). The van der Waals surface area contributed by atoms with Gasteiger partial charge in [0.1, 0.15) is 6.04 Å². The van der Waals surface area contributed by atoms with E-state index in [0.717, 1.165) is 37.8 Å². The minimum absolute atomic E-state index is 0. The number of aryl methyl sites for hydroxylation is 1. The van der Waals surface area contributed by atoms with Gasteiger partial charge in [-0.3, -0.25) is 4.79 Å². The number of carbonyl (C=O) groups excluding carboxylic acids is 2. The molecule has 0 aromatic carbocycles. The molecule has 2 aliphatic carbocycles. The minimum Gasteiger partial charge on any atom is -0.467 e. The van der Waals surface area contributed by atoms with E-state index in [-0.39, 0.29) is 24.2 Å². The van der Waals surface area contributed by atoms with Crippen molar-refractivity contribution in [2.24, 2.45) is 11.7 Å².